The van der Waals surface area contributed by atoms with Crippen LogP contribution in [-0.2, 0) is 6.54 Å². The maximum atomic E-state index is 5.68. The molecule has 0 saturated carbocycles. The van der Waals surface area contributed by atoms with Gasteiger partial charge in [-0.15, -0.1) is 11.3 Å². The largest absolute Gasteiger partial charge is 0.383 e. The fourth-order valence-corrected chi connectivity index (χ4v) is 2.81. The van der Waals surface area contributed by atoms with Gasteiger partial charge in [-0.05, 0) is 42.4 Å². The van der Waals surface area contributed by atoms with Gasteiger partial charge in [0.1, 0.15) is 10.8 Å². The molecule has 0 amide bonds. The van der Waals surface area contributed by atoms with Crippen molar-refractivity contribution >= 4 is 33.7 Å². The van der Waals surface area contributed by atoms with E-state index in [4.69, 9.17) is 5.73 Å². The Morgan fingerprint density at radius 3 is 2.80 bits per heavy atom. The van der Waals surface area contributed by atoms with Crippen molar-refractivity contribution in [3.63, 3.8) is 0 Å². The molecule has 2 heterocycles. The number of nitrogens with two attached hydrogens (primary N) is 1. The van der Waals surface area contributed by atoms with Gasteiger partial charge in [0.2, 0.25) is 0 Å². The highest BCUT2D eigenvalue weighted by atomic mass is 32.1. The van der Waals surface area contributed by atoms with Crippen LogP contribution in [0.4, 0.5) is 10.8 Å². The van der Waals surface area contributed by atoms with Gasteiger partial charge in [-0.25, -0.2) is 0 Å². The summed E-state index contributed by atoms with van der Waals surface area (Å²) in [6.45, 7) is 4.97. The highest BCUT2D eigenvalue weighted by Gasteiger charge is 2.06. The number of nitrogens with zero attached hydrogens (tertiary/aromatic N) is 1. The Hall–Kier alpha value is -1.07. The molecule has 0 spiro atoms. The van der Waals surface area contributed by atoms with Crippen LogP contribution in [0.5, 0.6) is 0 Å². The fraction of sp³-hybridized carbons (Fsp3) is 0.300. The average Bonchev–Trinajstić information content (AvgIpc) is 2.74. The molecule has 2 aromatic heterocycles. The summed E-state index contributed by atoms with van der Waals surface area (Å²) in [6, 6.07) is 2.13. The summed E-state index contributed by atoms with van der Waals surface area (Å²) in [7, 11) is 0. The van der Waals surface area contributed by atoms with Crippen molar-refractivity contribution in [3.05, 3.63) is 27.5 Å². The van der Waals surface area contributed by atoms with Crippen LogP contribution in [0.2, 0.25) is 0 Å². The van der Waals surface area contributed by atoms with Gasteiger partial charge in [0, 0.05) is 10.4 Å². The fourth-order valence-electron chi connectivity index (χ4n) is 1.26. The minimum absolute atomic E-state index is 0.630. The quantitative estimate of drug-likeness (QED) is 0.865. The average molecular weight is 239 g/mol. The Morgan fingerprint density at radius 1 is 1.47 bits per heavy atom. The molecule has 2 aromatic rings. The highest BCUT2D eigenvalue weighted by molar-refractivity contribution is 7.11. The lowest BCUT2D eigenvalue weighted by atomic mass is 10.3. The lowest BCUT2D eigenvalue weighted by Gasteiger charge is -2.03. The molecule has 0 aromatic carbocycles. The third-order valence-electron chi connectivity index (χ3n) is 2.34. The van der Waals surface area contributed by atoms with Crippen LogP contribution >= 0.6 is 22.9 Å². The lowest BCUT2D eigenvalue weighted by Crippen LogP contribution is -1.98. The van der Waals surface area contributed by atoms with Gasteiger partial charge in [-0.1, -0.05) is 0 Å². The predicted molar refractivity (Wildman–Crippen MR) is 67.6 cm³/mol. The molecule has 3 nitrogen and oxygen atoms in total. The van der Waals surface area contributed by atoms with Crippen LogP contribution in [0.3, 0.4) is 0 Å². The molecule has 0 aliphatic rings. The highest BCUT2D eigenvalue weighted by Crippen LogP contribution is 2.26. The van der Waals surface area contributed by atoms with Gasteiger partial charge in [-0.3, -0.25) is 0 Å². The molecule has 2 rings (SSSR count). The molecule has 80 valence electrons. The Kier molecular flexibility index (Phi) is 2.93. The molecule has 0 aliphatic heterocycles. The Morgan fingerprint density at radius 2 is 2.27 bits per heavy atom. The topological polar surface area (TPSA) is 50.9 Å². The number of aromatic nitrogens is 1. The minimum Gasteiger partial charge on any atom is -0.383 e. The number of hydrogen-bond donors (Lipinski definition) is 2. The van der Waals surface area contributed by atoms with Gasteiger partial charge in [0.15, 0.2) is 0 Å². The Bertz CT molecular complexity index is 459. The van der Waals surface area contributed by atoms with Crippen LogP contribution in [0.15, 0.2) is 11.4 Å². The Balaban J connectivity index is 2.05. The monoisotopic (exact) mass is 239 g/mol. The molecule has 0 atom stereocenters. The minimum atomic E-state index is 0.630. The molecule has 0 fully saturated rings. The zero-order valence-corrected chi connectivity index (χ0v) is 10.3. The first-order valence-corrected chi connectivity index (χ1v) is 6.32. The van der Waals surface area contributed by atoms with Crippen molar-refractivity contribution in [1.29, 1.82) is 0 Å². The number of rotatable bonds is 3. The van der Waals surface area contributed by atoms with Gasteiger partial charge < -0.3 is 11.1 Å². The number of anilines is 2. The predicted octanol–water partition coefficient (Wildman–Crippen LogP) is 3.02. The molecule has 0 radical (unpaired) electrons. The molecule has 5 heteroatoms. The molecule has 0 saturated heterocycles. The molecular weight excluding hydrogens is 226 g/mol. The van der Waals surface area contributed by atoms with Crippen LogP contribution in [0.25, 0.3) is 0 Å². The van der Waals surface area contributed by atoms with Crippen molar-refractivity contribution in [2.75, 3.05) is 11.1 Å². The third-order valence-corrected chi connectivity index (χ3v) is 4.28. The zero-order valence-electron chi connectivity index (χ0n) is 8.70. The van der Waals surface area contributed by atoms with E-state index >= 15 is 0 Å². The first-order valence-electron chi connectivity index (χ1n) is 4.67. The number of nitrogen functional groups attached to an aromatic ring is 1. The van der Waals surface area contributed by atoms with E-state index in [1.807, 2.05) is 6.92 Å². The van der Waals surface area contributed by atoms with E-state index in [1.165, 1.54) is 22.0 Å². The summed E-state index contributed by atoms with van der Waals surface area (Å²) in [4.78, 5) is 1.36. The van der Waals surface area contributed by atoms with Gasteiger partial charge in [0.05, 0.1) is 6.54 Å². The summed E-state index contributed by atoms with van der Waals surface area (Å²) in [5, 5.41) is 6.54. The molecule has 0 unspecified atom stereocenters. The zero-order chi connectivity index (χ0) is 10.8. The second-order valence-corrected chi connectivity index (χ2v) is 5.18. The van der Waals surface area contributed by atoms with Gasteiger partial charge in [-0.2, -0.15) is 4.37 Å². The third kappa shape index (κ3) is 2.13. The summed E-state index contributed by atoms with van der Waals surface area (Å²) in [5.41, 5.74) is 8.07. The van der Waals surface area contributed by atoms with E-state index in [0.29, 0.717) is 5.82 Å². The first kappa shape index (κ1) is 10.4. The van der Waals surface area contributed by atoms with E-state index in [-0.39, 0.29) is 0 Å². The van der Waals surface area contributed by atoms with E-state index in [9.17, 15) is 0 Å². The maximum absolute atomic E-state index is 5.68. The summed E-state index contributed by atoms with van der Waals surface area (Å²) in [6.07, 6.45) is 0. The summed E-state index contributed by atoms with van der Waals surface area (Å²) < 4.78 is 4.10. The van der Waals surface area contributed by atoms with Crippen molar-refractivity contribution in [1.82, 2.24) is 4.37 Å². The molecule has 0 bridgehead atoms. The van der Waals surface area contributed by atoms with E-state index in [2.05, 4.69) is 28.1 Å². The molecule has 3 N–H and O–H groups in total. The van der Waals surface area contributed by atoms with Crippen LogP contribution in [0, 0.1) is 13.8 Å². The standard InChI is InChI=1S/C10H13N3S2/c1-6-3-4-14-8(6)5-12-10-7(2)9(11)13-15-10/h3-4,12H,5H2,1-2H3,(H2,11,13). The first-order chi connectivity index (χ1) is 7.18. The summed E-state index contributed by atoms with van der Waals surface area (Å²) in [5.74, 6) is 0.630. The summed E-state index contributed by atoms with van der Waals surface area (Å²) >= 11 is 3.19. The maximum Gasteiger partial charge on any atom is 0.142 e. The second-order valence-electron chi connectivity index (χ2n) is 3.40. The lowest BCUT2D eigenvalue weighted by molar-refractivity contribution is 1.17. The van der Waals surface area contributed by atoms with Gasteiger partial charge >= 0.3 is 0 Å². The van der Waals surface area contributed by atoms with Crippen LogP contribution in [-0.4, -0.2) is 4.37 Å². The number of thiophene rings is 1. The number of aryl methyl sites for hydroxylation is 1. The van der Waals surface area contributed by atoms with Crippen molar-refractivity contribution in [2.24, 2.45) is 0 Å². The number of nitrogens with one attached hydrogen (secondary N) is 1. The second kappa shape index (κ2) is 4.20. The number of hydrogen-bond acceptors (Lipinski definition) is 5. The SMILES string of the molecule is Cc1ccsc1CNc1snc(N)c1C. The van der Waals surface area contributed by atoms with Crippen molar-refractivity contribution < 1.29 is 0 Å². The molecule has 0 aliphatic carbocycles. The molecular formula is C10H13N3S2. The van der Waals surface area contributed by atoms with Crippen LogP contribution in [0.1, 0.15) is 16.0 Å². The normalized spacial score (nSPS) is 10.5. The Labute approximate surface area is 97.1 Å². The van der Waals surface area contributed by atoms with E-state index < -0.39 is 0 Å². The smallest absolute Gasteiger partial charge is 0.142 e. The van der Waals surface area contributed by atoms with Crippen molar-refractivity contribution in [2.45, 2.75) is 20.4 Å². The molecule has 15 heavy (non-hydrogen) atoms. The van der Waals surface area contributed by atoms with E-state index in [0.717, 1.165) is 17.1 Å². The van der Waals surface area contributed by atoms with Crippen molar-refractivity contribution in [3.8, 4) is 0 Å². The van der Waals surface area contributed by atoms with Gasteiger partial charge in [0.25, 0.3) is 0 Å². The van der Waals surface area contributed by atoms with Crippen LogP contribution < -0.4 is 11.1 Å². The van der Waals surface area contributed by atoms with E-state index in [1.54, 1.807) is 11.3 Å².